The van der Waals surface area contributed by atoms with Crippen LogP contribution in [0.15, 0.2) is 59.4 Å². The van der Waals surface area contributed by atoms with E-state index in [2.05, 4.69) is 11.0 Å². The largest absolute Gasteiger partial charge is 0.333 e. The Balaban J connectivity index is 1.41. The second-order valence-corrected chi connectivity index (χ2v) is 8.35. The van der Waals surface area contributed by atoms with Gasteiger partial charge in [-0.2, -0.15) is 0 Å². The van der Waals surface area contributed by atoms with Gasteiger partial charge in [0.1, 0.15) is 5.82 Å². The Labute approximate surface area is 181 Å². The summed E-state index contributed by atoms with van der Waals surface area (Å²) in [6.45, 7) is 6.49. The Morgan fingerprint density at radius 2 is 1.77 bits per heavy atom. The van der Waals surface area contributed by atoms with Crippen molar-refractivity contribution in [2.24, 2.45) is 0 Å². The average molecular weight is 422 g/mol. The molecule has 1 aliphatic rings. The first-order valence-corrected chi connectivity index (χ1v) is 10.9. The number of halogens is 1. The zero-order chi connectivity index (χ0) is 22.0. The smallest absolute Gasteiger partial charge is 0.299 e. The molecule has 0 aliphatic carbocycles. The average Bonchev–Trinajstić information content (AvgIpc) is 3.06. The highest BCUT2D eigenvalue weighted by Gasteiger charge is 2.20. The Kier molecular flexibility index (Phi) is 6.18. The maximum absolute atomic E-state index is 13.1. The number of carbonyl (C=O) groups is 1. The molecule has 6 heteroatoms. The van der Waals surface area contributed by atoms with E-state index in [0.29, 0.717) is 12.0 Å². The molecule has 0 fully saturated rings. The molecule has 0 unspecified atom stereocenters. The first-order valence-electron chi connectivity index (χ1n) is 10.9. The molecule has 162 valence electrons. The molecule has 0 radical (unpaired) electrons. The minimum Gasteiger partial charge on any atom is -0.299 e. The van der Waals surface area contributed by atoms with Crippen molar-refractivity contribution in [3.8, 4) is 0 Å². The van der Waals surface area contributed by atoms with E-state index >= 15 is 0 Å². The van der Waals surface area contributed by atoms with Crippen LogP contribution in [0.4, 0.5) is 4.39 Å². The maximum atomic E-state index is 13.1. The van der Waals surface area contributed by atoms with Crippen molar-refractivity contribution in [3.05, 3.63) is 76.5 Å². The summed E-state index contributed by atoms with van der Waals surface area (Å²) in [5.41, 5.74) is 3.53. The first kappa shape index (κ1) is 21.2. The van der Waals surface area contributed by atoms with Gasteiger partial charge in [0.05, 0.1) is 11.0 Å². The van der Waals surface area contributed by atoms with E-state index < -0.39 is 0 Å². The van der Waals surface area contributed by atoms with Crippen molar-refractivity contribution in [2.45, 2.75) is 39.2 Å². The predicted molar refractivity (Wildman–Crippen MR) is 122 cm³/mol. The Morgan fingerprint density at radius 1 is 1.06 bits per heavy atom. The van der Waals surface area contributed by atoms with Crippen molar-refractivity contribution in [1.29, 1.82) is 0 Å². The van der Waals surface area contributed by atoms with Gasteiger partial charge in [-0.05, 0) is 63.2 Å². The zero-order valence-corrected chi connectivity index (χ0v) is 18.1. The van der Waals surface area contributed by atoms with E-state index in [9.17, 15) is 14.0 Å². The fraction of sp³-hybridized carbons (Fsp3) is 0.360. The molecule has 2 heterocycles. The minimum atomic E-state index is -0.330. The summed E-state index contributed by atoms with van der Waals surface area (Å²) in [6, 6.07) is 13.8. The number of nitrogens with zero attached hydrogens (tertiary/aromatic N) is 3. The number of hydrogen-bond acceptors (Lipinski definition) is 3. The summed E-state index contributed by atoms with van der Waals surface area (Å²) in [7, 11) is 0. The van der Waals surface area contributed by atoms with Crippen LogP contribution in [0.1, 0.15) is 49.5 Å². The monoisotopic (exact) mass is 421 g/mol. The minimum absolute atomic E-state index is 0.0146. The molecule has 2 aromatic carbocycles. The lowest BCUT2D eigenvalue weighted by molar-refractivity contribution is 0.0975. The number of aromatic nitrogens is 2. The third-order valence-electron chi connectivity index (χ3n) is 5.90. The summed E-state index contributed by atoms with van der Waals surface area (Å²) in [5.74, 6) is -0.288. The van der Waals surface area contributed by atoms with Crippen molar-refractivity contribution in [3.63, 3.8) is 0 Å². The highest BCUT2D eigenvalue weighted by atomic mass is 19.1. The summed E-state index contributed by atoms with van der Waals surface area (Å²) in [5, 5.41) is 0. The standard InChI is InChI=1S/C25H28FN3O2/c1-18(2)28-22-6-3-4-7-23(22)29(25(28)31)21-13-16-27(17-14-21)15-5-8-24(30)19-9-11-20(26)12-10-19/h3-4,6-7,9-13,18H,5,8,14-17H2,1-2H3. The highest BCUT2D eigenvalue weighted by Crippen LogP contribution is 2.23. The molecule has 0 atom stereocenters. The molecule has 1 aromatic heterocycles. The van der Waals surface area contributed by atoms with Gasteiger partial charge in [-0.1, -0.05) is 18.2 Å². The number of hydrogen-bond donors (Lipinski definition) is 0. The predicted octanol–water partition coefficient (Wildman–Crippen LogP) is 4.73. The topological polar surface area (TPSA) is 47.2 Å². The number of rotatable bonds is 7. The summed E-state index contributed by atoms with van der Waals surface area (Å²) < 4.78 is 16.7. The van der Waals surface area contributed by atoms with Gasteiger partial charge in [0.25, 0.3) is 0 Å². The number of Topliss-reactive ketones (excluding diaryl/α,β-unsaturated/α-hetero) is 1. The highest BCUT2D eigenvalue weighted by molar-refractivity contribution is 5.95. The van der Waals surface area contributed by atoms with E-state index in [1.807, 2.05) is 47.2 Å². The Morgan fingerprint density at radius 3 is 2.42 bits per heavy atom. The molecule has 3 aromatic rings. The van der Waals surface area contributed by atoms with Gasteiger partial charge in [0.15, 0.2) is 5.78 Å². The summed E-state index contributed by atoms with van der Waals surface area (Å²) in [6.07, 6.45) is 4.12. The maximum Gasteiger partial charge on any atom is 0.333 e. The fourth-order valence-corrected chi connectivity index (χ4v) is 4.30. The number of para-hydroxylation sites is 2. The van der Waals surface area contributed by atoms with Gasteiger partial charge in [0, 0.05) is 43.2 Å². The van der Waals surface area contributed by atoms with E-state index in [-0.39, 0.29) is 23.3 Å². The number of benzene rings is 2. The number of imidazole rings is 1. The van der Waals surface area contributed by atoms with Gasteiger partial charge >= 0.3 is 5.69 Å². The lowest BCUT2D eigenvalue weighted by Crippen LogP contribution is -2.33. The molecule has 0 bridgehead atoms. The van der Waals surface area contributed by atoms with Crippen LogP contribution in [0.3, 0.4) is 0 Å². The lowest BCUT2D eigenvalue weighted by atomic mass is 10.1. The third kappa shape index (κ3) is 4.39. The fourth-order valence-electron chi connectivity index (χ4n) is 4.30. The number of fused-ring (bicyclic) bond motifs is 1. The van der Waals surface area contributed by atoms with Crippen LogP contribution in [-0.4, -0.2) is 39.5 Å². The molecule has 0 N–H and O–H groups in total. The Bertz CT molecular complexity index is 1170. The second-order valence-electron chi connectivity index (χ2n) is 8.35. The molecular formula is C25H28FN3O2. The van der Waals surface area contributed by atoms with Crippen LogP contribution in [0.2, 0.25) is 0 Å². The zero-order valence-electron chi connectivity index (χ0n) is 18.1. The van der Waals surface area contributed by atoms with Crippen molar-refractivity contribution in [1.82, 2.24) is 14.0 Å². The number of ketones is 1. The van der Waals surface area contributed by atoms with Gasteiger partial charge < -0.3 is 0 Å². The van der Waals surface area contributed by atoms with Crippen molar-refractivity contribution in [2.75, 3.05) is 19.6 Å². The quantitative estimate of drug-likeness (QED) is 0.518. The molecule has 4 rings (SSSR count). The van der Waals surface area contributed by atoms with E-state index in [1.165, 1.54) is 12.1 Å². The van der Waals surface area contributed by atoms with Crippen LogP contribution in [0.5, 0.6) is 0 Å². The van der Waals surface area contributed by atoms with Gasteiger partial charge in [-0.15, -0.1) is 0 Å². The van der Waals surface area contributed by atoms with Crippen LogP contribution in [0.25, 0.3) is 16.7 Å². The van der Waals surface area contributed by atoms with E-state index in [1.54, 1.807) is 12.1 Å². The van der Waals surface area contributed by atoms with Gasteiger partial charge in [0.2, 0.25) is 0 Å². The summed E-state index contributed by atoms with van der Waals surface area (Å²) in [4.78, 5) is 27.7. The van der Waals surface area contributed by atoms with Crippen LogP contribution in [-0.2, 0) is 0 Å². The van der Waals surface area contributed by atoms with E-state index in [0.717, 1.165) is 49.2 Å². The first-order chi connectivity index (χ1) is 15.0. The van der Waals surface area contributed by atoms with Gasteiger partial charge in [-0.25, -0.2) is 9.18 Å². The molecule has 31 heavy (non-hydrogen) atoms. The molecule has 0 amide bonds. The van der Waals surface area contributed by atoms with Crippen LogP contribution >= 0.6 is 0 Å². The van der Waals surface area contributed by atoms with Crippen molar-refractivity contribution < 1.29 is 9.18 Å². The SMILES string of the molecule is CC(C)n1c(=O)n(C2=CCN(CCCC(=O)c3ccc(F)cc3)CC2)c2ccccc21. The Hall–Kier alpha value is -2.99. The van der Waals surface area contributed by atoms with Crippen LogP contribution in [0, 0.1) is 5.82 Å². The molecule has 0 saturated carbocycles. The second kappa shape index (κ2) is 9.02. The molecule has 0 saturated heterocycles. The summed E-state index contributed by atoms with van der Waals surface area (Å²) >= 11 is 0. The van der Waals surface area contributed by atoms with Crippen molar-refractivity contribution >= 4 is 22.5 Å². The van der Waals surface area contributed by atoms with Gasteiger partial charge in [-0.3, -0.25) is 18.8 Å². The van der Waals surface area contributed by atoms with E-state index in [4.69, 9.17) is 0 Å². The third-order valence-corrected chi connectivity index (χ3v) is 5.90. The molecular weight excluding hydrogens is 393 g/mol. The molecule has 1 aliphatic heterocycles. The van der Waals surface area contributed by atoms with Crippen LogP contribution < -0.4 is 5.69 Å². The number of carbonyl (C=O) groups excluding carboxylic acids is 1. The lowest BCUT2D eigenvalue weighted by Gasteiger charge is -2.26. The normalized spacial score (nSPS) is 14.9. The molecule has 0 spiro atoms. The molecule has 5 nitrogen and oxygen atoms in total.